The van der Waals surface area contributed by atoms with Crippen LogP contribution in [0.1, 0.15) is 13.8 Å². The lowest BCUT2D eigenvalue weighted by Gasteiger charge is -2.20. The highest BCUT2D eigenvalue weighted by molar-refractivity contribution is 7.92. The Balaban J connectivity index is 2.08. The SMILES string of the molecule is CC(C)(CO)C(=O)Nc1ccc(NS(=O)(=O)c2ccc(OC(F)(F)F)cc2)cc1. The molecule has 11 heteroatoms. The number of carbonyl (C=O) groups excluding carboxylic acids is 1. The standard InChI is InChI=1S/C18H19F3N2O5S/c1-17(2,11-24)16(25)22-12-3-5-13(6-4-12)23-29(26,27)15-9-7-14(8-10-15)28-18(19,20)21/h3-10,23-24H,11H2,1-2H3,(H,22,25). The second-order valence-electron chi connectivity index (χ2n) is 6.70. The van der Waals surface area contributed by atoms with Gasteiger partial charge in [0.05, 0.1) is 16.9 Å². The number of ether oxygens (including phenoxy) is 1. The molecule has 0 saturated carbocycles. The highest BCUT2D eigenvalue weighted by Gasteiger charge is 2.31. The van der Waals surface area contributed by atoms with Crippen molar-refractivity contribution in [1.29, 1.82) is 0 Å². The normalized spacial score (nSPS) is 12.3. The summed E-state index contributed by atoms with van der Waals surface area (Å²) in [5.41, 5.74) is -0.407. The van der Waals surface area contributed by atoms with Crippen molar-refractivity contribution in [3.63, 3.8) is 0 Å². The third-order valence-corrected chi connectivity index (χ3v) is 5.17. The predicted octanol–water partition coefficient (Wildman–Crippen LogP) is 3.34. The van der Waals surface area contributed by atoms with Crippen molar-refractivity contribution >= 4 is 27.3 Å². The average molecular weight is 432 g/mol. The minimum Gasteiger partial charge on any atom is -0.406 e. The Kier molecular flexibility index (Phi) is 6.43. The summed E-state index contributed by atoms with van der Waals surface area (Å²) in [6.07, 6.45) is -4.87. The number of amides is 1. The molecular formula is C18H19F3N2O5S. The first kappa shape index (κ1) is 22.5. The summed E-state index contributed by atoms with van der Waals surface area (Å²) in [4.78, 5) is 11.8. The fraction of sp³-hybridized carbons (Fsp3) is 0.278. The summed E-state index contributed by atoms with van der Waals surface area (Å²) in [6.45, 7) is 2.79. The van der Waals surface area contributed by atoms with Gasteiger partial charge in [-0.05, 0) is 62.4 Å². The van der Waals surface area contributed by atoms with Gasteiger partial charge in [-0.1, -0.05) is 0 Å². The maximum absolute atomic E-state index is 12.4. The van der Waals surface area contributed by atoms with Gasteiger partial charge in [0.25, 0.3) is 10.0 Å². The molecule has 2 rings (SSSR count). The van der Waals surface area contributed by atoms with Crippen LogP contribution in [-0.4, -0.2) is 32.4 Å². The van der Waals surface area contributed by atoms with Crippen LogP contribution in [0.5, 0.6) is 5.75 Å². The van der Waals surface area contributed by atoms with Crippen molar-refractivity contribution < 1.29 is 36.2 Å². The van der Waals surface area contributed by atoms with E-state index in [1.54, 1.807) is 13.8 Å². The van der Waals surface area contributed by atoms with Crippen molar-refractivity contribution in [1.82, 2.24) is 0 Å². The van der Waals surface area contributed by atoms with Gasteiger partial charge in [-0.25, -0.2) is 8.42 Å². The highest BCUT2D eigenvalue weighted by Crippen LogP contribution is 2.25. The van der Waals surface area contributed by atoms with Gasteiger partial charge >= 0.3 is 6.36 Å². The van der Waals surface area contributed by atoms with Gasteiger partial charge in [0.2, 0.25) is 5.91 Å². The summed E-state index contributed by atoms with van der Waals surface area (Å²) in [7, 11) is -4.04. The van der Waals surface area contributed by atoms with Crippen LogP contribution in [0.3, 0.4) is 0 Å². The Morgan fingerprint density at radius 3 is 2.00 bits per heavy atom. The third kappa shape index (κ3) is 6.36. The molecule has 0 aliphatic carbocycles. The molecule has 0 unspecified atom stereocenters. The number of anilines is 2. The van der Waals surface area contributed by atoms with Crippen molar-refractivity contribution in [2.75, 3.05) is 16.6 Å². The number of aliphatic hydroxyl groups is 1. The van der Waals surface area contributed by atoms with E-state index in [9.17, 15) is 31.5 Å². The number of sulfonamides is 1. The van der Waals surface area contributed by atoms with E-state index in [1.807, 2.05) is 0 Å². The molecule has 1 amide bonds. The maximum Gasteiger partial charge on any atom is 0.573 e. The Hall–Kier alpha value is -2.79. The van der Waals surface area contributed by atoms with Crippen molar-refractivity contribution in [3.8, 4) is 5.75 Å². The zero-order valence-corrected chi connectivity index (χ0v) is 16.3. The molecule has 0 saturated heterocycles. The third-order valence-electron chi connectivity index (χ3n) is 3.77. The van der Waals surface area contributed by atoms with Gasteiger partial charge in [0, 0.05) is 11.4 Å². The molecule has 0 radical (unpaired) electrons. The van der Waals surface area contributed by atoms with Crippen LogP contribution in [0, 0.1) is 5.41 Å². The molecule has 29 heavy (non-hydrogen) atoms. The molecule has 0 aliphatic rings. The number of hydrogen-bond acceptors (Lipinski definition) is 5. The molecule has 0 heterocycles. The minimum atomic E-state index is -4.87. The summed E-state index contributed by atoms with van der Waals surface area (Å²) in [5.74, 6) is -0.947. The lowest BCUT2D eigenvalue weighted by Crippen LogP contribution is -2.33. The molecule has 0 aromatic heterocycles. The molecule has 0 spiro atoms. The molecule has 2 aromatic carbocycles. The van der Waals surface area contributed by atoms with E-state index in [1.165, 1.54) is 24.3 Å². The number of hydrogen-bond donors (Lipinski definition) is 3. The second kappa shape index (κ2) is 8.29. The lowest BCUT2D eigenvalue weighted by atomic mass is 9.93. The van der Waals surface area contributed by atoms with E-state index in [4.69, 9.17) is 0 Å². The van der Waals surface area contributed by atoms with E-state index in [0.717, 1.165) is 24.3 Å². The van der Waals surface area contributed by atoms with Gasteiger partial charge in [0.1, 0.15) is 5.75 Å². The van der Waals surface area contributed by atoms with Crippen LogP contribution in [0.4, 0.5) is 24.5 Å². The Labute approximate surface area is 165 Å². The lowest BCUT2D eigenvalue weighted by molar-refractivity contribution is -0.274. The predicted molar refractivity (Wildman–Crippen MR) is 99.9 cm³/mol. The van der Waals surface area contributed by atoms with Crippen LogP contribution in [0.25, 0.3) is 0 Å². The monoisotopic (exact) mass is 432 g/mol. The summed E-state index contributed by atoms with van der Waals surface area (Å²) in [6, 6.07) is 9.48. The van der Waals surface area contributed by atoms with Crippen LogP contribution in [0.15, 0.2) is 53.4 Å². The quantitative estimate of drug-likeness (QED) is 0.623. The Bertz CT molecular complexity index is 956. The van der Waals surface area contributed by atoms with Gasteiger partial charge in [-0.2, -0.15) is 0 Å². The van der Waals surface area contributed by atoms with E-state index in [-0.39, 0.29) is 17.2 Å². The number of alkyl halides is 3. The van der Waals surface area contributed by atoms with Gasteiger partial charge in [-0.3, -0.25) is 9.52 Å². The smallest absolute Gasteiger partial charge is 0.406 e. The number of halogens is 3. The first-order chi connectivity index (χ1) is 13.3. The van der Waals surface area contributed by atoms with E-state index in [0.29, 0.717) is 5.69 Å². The molecule has 7 nitrogen and oxygen atoms in total. The molecule has 0 atom stereocenters. The number of carbonyl (C=O) groups is 1. The van der Waals surface area contributed by atoms with Gasteiger partial charge in [0.15, 0.2) is 0 Å². The zero-order chi connectivity index (χ0) is 21.9. The molecule has 158 valence electrons. The van der Waals surface area contributed by atoms with E-state index in [2.05, 4.69) is 14.8 Å². The van der Waals surface area contributed by atoms with Gasteiger partial charge in [-0.15, -0.1) is 13.2 Å². The van der Waals surface area contributed by atoms with Crippen LogP contribution < -0.4 is 14.8 Å². The molecule has 0 bridgehead atoms. The number of benzene rings is 2. The molecular weight excluding hydrogens is 413 g/mol. The van der Waals surface area contributed by atoms with Crippen LogP contribution in [-0.2, 0) is 14.8 Å². The second-order valence-corrected chi connectivity index (χ2v) is 8.38. The largest absolute Gasteiger partial charge is 0.573 e. The topological polar surface area (TPSA) is 105 Å². The first-order valence-corrected chi connectivity index (χ1v) is 9.72. The van der Waals surface area contributed by atoms with E-state index < -0.39 is 33.5 Å². The number of nitrogens with one attached hydrogen (secondary N) is 2. The molecule has 3 N–H and O–H groups in total. The number of rotatable bonds is 7. The molecule has 0 aliphatic heterocycles. The van der Waals surface area contributed by atoms with Crippen molar-refractivity contribution in [3.05, 3.63) is 48.5 Å². The van der Waals surface area contributed by atoms with Crippen molar-refractivity contribution in [2.45, 2.75) is 25.1 Å². The summed E-state index contributed by atoms with van der Waals surface area (Å²) >= 11 is 0. The molecule has 0 fully saturated rings. The van der Waals surface area contributed by atoms with Crippen LogP contribution >= 0.6 is 0 Å². The van der Waals surface area contributed by atoms with Crippen molar-refractivity contribution in [2.24, 2.45) is 5.41 Å². The fourth-order valence-corrected chi connectivity index (χ4v) is 3.09. The summed E-state index contributed by atoms with van der Waals surface area (Å²) < 4.78 is 67.2. The average Bonchev–Trinajstić information content (AvgIpc) is 2.62. The summed E-state index contributed by atoms with van der Waals surface area (Å²) in [5, 5.41) is 11.8. The zero-order valence-electron chi connectivity index (χ0n) is 15.4. The highest BCUT2D eigenvalue weighted by atomic mass is 32.2. The first-order valence-electron chi connectivity index (χ1n) is 8.23. The Morgan fingerprint density at radius 2 is 1.52 bits per heavy atom. The minimum absolute atomic E-state index is 0.181. The van der Waals surface area contributed by atoms with E-state index >= 15 is 0 Å². The maximum atomic E-state index is 12.4. The molecule has 2 aromatic rings. The van der Waals surface area contributed by atoms with Gasteiger partial charge < -0.3 is 15.2 Å². The van der Waals surface area contributed by atoms with Crippen LogP contribution in [0.2, 0.25) is 0 Å². The number of aliphatic hydroxyl groups excluding tert-OH is 1. The fourth-order valence-electron chi connectivity index (χ4n) is 2.03. The Morgan fingerprint density at radius 1 is 1.00 bits per heavy atom.